The topological polar surface area (TPSA) is 92.3 Å². The molecule has 0 aliphatic carbocycles. The van der Waals surface area contributed by atoms with E-state index in [-0.39, 0.29) is 22.2 Å². The first kappa shape index (κ1) is 24.8. The van der Waals surface area contributed by atoms with Gasteiger partial charge in [0.05, 0.1) is 11.9 Å². The highest BCUT2D eigenvalue weighted by Gasteiger charge is 2.32. The third kappa shape index (κ3) is 6.58. The monoisotopic (exact) mass is 530 g/mol. The van der Waals surface area contributed by atoms with E-state index in [9.17, 15) is 13.2 Å². The molecule has 2 aromatic carbocycles. The summed E-state index contributed by atoms with van der Waals surface area (Å²) in [6.45, 7) is 1.72. The molecule has 3 rings (SSSR count). The first-order chi connectivity index (χ1) is 15.2. The van der Waals surface area contributed by atoms with Crippen LogP contribution in [0.3, 0.4) is 0 Å². The van der Waals surface area contributed by atoms with Crippen molar-refractivity contribution in [2.24, 2.45) is 0 Å². The predicted molar refractivity (Wildman–Crippen MR) is 132 cm³/mol. The quantitative estimate of drug-likeness (QED) is 0.297. The van der Waals surface area contributed by atoms with Gasteiger partial charge in [-0.15, -0.1) is 10.2 Å². The third-order valence-electron chi connectivity index (χ3n) is 4.27. The number of thioether (sulfide) groups is 1. The summed E-state index contributed by atoms with van der Waals surface area (Å²) in [4.78, 5) is 13.0. The van der Waals surface area contributed by atoms with E-state index in [0.717, 1.165) is 21.9 Å². The fraction of sp³-hybridized carbons (Fsp3) is 0.250. The normalized spacial score (nSPS) is 12.4. The molecule has 0 unspecified atom stereocenters. The van der Waals surface area contributed by atoms with E-state index in [1.54, 1.807) is 6.92 Å². The number of carbonyl (C=O) groups excluding carboxylic acids is 1. The minimum atomic E-state index is -3.82. The smallest absolute Gasteiger partial charge is 0.250 e. The first-order valence-electron chi connectivity index (χ1n) is 9.44. The number of hydrogen-bond donors (Lipinski definition) is 1. The minimum absolute atomic E-state index is 0.211. The molecule has 0 saturated heterocycles. The SMILES string of the molecule is CC[C@H](C(=O)Nc1nnc(SCc2ccccc2)s1)N(c1cc(Cl)cc(Cl)c1)S(C)(=O)=O. The summed E-state index contributed by atoms with van der Waals surface area (Å²) < 4.78 is 26.8. The molecule has 0 radical (unpaired) electrons. The average molecular weight is 532 g/mol. The zero-order valence-electron chi connectivity index (χ0n) is 17.2. The molecule has 0 fully saturated rings. The highest BCUT2D eigenvalue weighted by atomic mass is 35.5. The van der Waals surface area contributed by atoms with Gasteiger partial charge in [-0.1, -0.05) is 83.6 Å². The van der Waals surface area contributed by atoms with Crippen LogP contribution in [0, 0.1) is 0 Å². The summed E-state index contributed by atoms with van der Waals surface area (Å²) in [6.07, 6.45) is 1.25. The van der Waals surface area contributed by atoms with Crippen LogP contribution in [-0.4, -0.2) is 36.8 Å². The number of aromatic nitrogens is 2. The number of halogens is 2. The molecule has 1 heterocycles. The van der Waals surface area contributed by atoms with Crippen LogP contribution >= 0.6 is 46.3 Å². The van der Waals surface area contributed by atoms with Crippen LogP contribution in [0.1, 0.15) is 18.9 Å². The van der Waals surface area contributed by atoms with Gasteiger partial charge in [-0.25, -0.2) is 8.42 Å². The van der Waals surface area contributed by atoms with E-state index in [0.29, 0.717) is 9.47 Å². The summed E-state index contributed by atoms with van der Waals surface area (Å²) in [7, 11) is -3.82. The lowest BCUT2D eigenvalue weighted by Gasteiger charge is -2.30. The summed E-state index contributed by atoms with van der Waals surface area (Å²) in [5.74, 6) is 0.197. The fourth-order valence-electron chi connectivity index (χ4n) is 2.95. The van der Waals surface area contributed by atoms with Crippen LogP contribution in [0.5, 0.6) is 0 Å². The molecule has 170 valence electrons. The third-order valence-corrected chi connectivity index (χ3v) is 7.93. The largest absolute Gasteiger partial charge is 0.299 e. The molecule has 0 bridgehead atoms. The maximum absolute atomic E-state index is 13.0. The average Bonchev–Trinajstić information content (AvgIpc) is 3.16. The Kier molecular flexibility index (Phi) is 8.40. The van der Waals surface area contributed by atoms with E-state index in [1.807, 2.05) is 30.3 Å². The van der Waals surface area contributed by atoms with Crippen molar-refractivity contribution < 1.29 is 13.2 Å². The van der Waals surface area contributed by atoms with Crippen LogP contribution in [0.4, 0.5) is 10.8 Å². The molecule has 32 heavy (non-hydrogen) atoms. The minimum Gasteiger partial charge on any atom is -0.299 e. The van der Waals surface area contributed by atoms with Gasteiger partial charge in [-0.05, 0) is 30.2 Å². The molecule has 3 aromatic rings. The predicted octanol–water partition coefficient (Wildman–Crippen LogP) is 5.32. The zero-order chi connectivity index (χ0) is 23.3. The van der Waals surface area contributed by atoms with Crippen LogP contribution < -0.4 is 9.62 Å². The maximum Gasteiger partial charge on any atom is 0.250 e. The Morgan fingerprint density at radius 2 is 1.81 bits per heavy atom. The molecular weight excluding hydrogens is 511 g/mol. The number of nitrogens with one attached hydrogen (secondary N) is 1. The van der Waals surface area contributed by atoms with Crippen molar-refractivity contribution in [1.29, 1.82) is 0 Å². The van der Waals surface area contributed by atoms with Gasteiger partial charge >= 0.3 is 0 Å². The number of hydrogen-bond acceptors (Lipinski definition) is 7. The van der Waals surface area contributed by atoms with Gasteiger partial charge < -0.3 is 0 Å². The van der Waals surface area contributed by atoms with Gasteiger partial charge in [0.2, 0.25) is 21.1 Å². The zero-order valence-corrected chi connectivity index (χ0v) is 21.1. The molecule has 1 aromatic heterocycles. The van der Waals surface area contributed by atoms with Gasteiger partial charge in [0.15, 0.2) is 4.34 Å². The highest BCUT2D eigenvalue weighted by molar-refractivity contribution is 8.00. The summed E-state index contributed by atoms with van der Waals surface area (Å²) in [6, 6.07) is 13.3. The second-order valence-electron chi connectivity index (χ2n) is 6.75. The second kappa shape index (κ2) is 10.8. The van der Waals surface area contributed by atoms with E-state index in [2.05, 4.69) is 15.5 Å². The van der Waals surface area contributed by atoms with Gasteiger partial charge in [0.25, 0.3) is 0 Å². The van der Waals surface area contributed by atoms with Gasteiger partial charge in [0, 0.05) is 15.8 Å². The molecule has 0 aliphatic heterocycles. The molecule has 1 N–H and O–H groups in total. The first-order valence-corrected chi connectivity index (χ1v) is 13.8. The van der Waals surface area contributed by atoms with Crippen molar-refractivity contribution in [2.75, 3.05) is 15.9 Å². The Morgan fingerprint density at radius 1 is 1.16 bits per heavy atom. The Balaban J connectivity index is 1.76. The fourth-order valence-corrected chi connectivity index (χ4v) is 6.37. The Bertz CT molecular complexity index is 1170. The van der Waals surface area contributed by atoms with E-state index < -0.39 is 22.0 Å². The highest BCUT2D eigenvalue weighted by Crippen LogP contribution is 2.31. The number of rotatable bonds is 9. The Hall–Kier alpha value is -1.85. The Morgan fingerprint density at radius 3 is 2.41 bits per heavy atom. The summed E-state index contributed by atoms with van der Waals surface area (Å²) in [5.41, 5.74) is 1.36. The van der Waals surface area contributed by atoms with Gasteiger partial charge in [-0.3, -0.25) is 14.4 Å². The lowest BCUT2D eigenvalue weighted by atomic mass is 10.2. The van der Waals surface area contributed by atoms with E-state index in [1.165, 1.54) is 41.3 Å². The van der Waals surface area contributed by atoms with Crippen molar-refractivity contribution in [3.8, 4) is 0 Å². The number of nitrogens with zero attached hydrogens (tertiary/aromatic N) is 3. The van der Waals surface area contributed by atoms with Crippen molar-refractivity contribution in [3.63, 3.8) is 0 Å². The maximum atomic E-state index is 13.0. The number of amides is 1. The Labute approximate surface area is 205 Å². The number of sulfonamides is 1. The van der Waals surface area contributed by atoms with Crippen LogP contribution in [0.2, 0.25) is 10.0 Å². The van der Waals surface area contributed by atoms with Crippen LogP contribution in [0.25, 0.3) is 0 Å². The number of carbonyl (C=O) groups is 1. The molecule has 0 saturated carbocycles. The summed E-state index contributed by atoms with van der Waals surface area (Å²) in [5, 5.41) is 11.6. The molecule has 12 heteroatoms. The van der Waals surface area contributed by atoms with Crippen molar-refractivity contribution in [2.45, 2.75) is 29.5 Å². The molecule has 0 spiro atoms. The molecule has 1 amide bonds. The second-order valence-corrected chi connectivity index (χ2v) is 11.7. The molecule has 0 aliphatic rings. The number of anilines is 2. The lowest BCUT2D eigenvalue weighted by Crippen LogP contribution is -2.47. The van der Waals surface area contributed by atoms with E-state index in [4.69, 9.17) is 23.2 Å². The van der Waals surface area contributed by atoms with Crippen molar-refractivity contribution in [3.05, 3.63) is 64.1 Å². The lowest BCUT2D eigenvalue weighted by molar-refractivity contribution is -0.117. The molecule has 7 nitrogen and oxygen atoms in total. The van der Waals surface area contributed by atoms with E-state index >= 15 is 0 Å². The van der Waals surface area contributed by atoms with Crippen molar-refractivity contribution >= 4 is 73.0 Å². The van der Waals surface area contributed by atoms with Crippen molar-refractivity contribution in [1.82, 2.24) is 10.2 Å². The van der Waals surface area contributed by atoms with Gasteiger partial charge in [0.1, 0.15) is 6.04 Å². The van der Waals surface area contributed by atoms with Crippen LogP contribution in [0.15, 0.2) is 52.9 Å². The van der Waals surface area contributed by atoms with Gasteiger partial charge in [-0.2, -0.15) is 0 Å². The number of benzene rings is 2. The van der Waals surface area contributed by atoms with Crippen LogP contribution in [-0.2, 0) is 20.6 Å². The molecular formula is C20H20Cl2N4O3S3. The standard InChI is InChI=1S/C20H20Cl2N4O3S3/c1-3-17(26(32(2,28)29)16-10-14(21)9-15(22)11-16)18(27)23-19-24-25-20(31-19)30-12-13-7-5-4-6-8-13/h4-11,17H,3,12H2,1-2H3,(H,23,24,27)/t17-/m1/s1. The summed E-state index contributed by atoms with van der Waals surface area (Å²) >= 11 is 14.8. The molecule has 1 atom stereocenters.